The predicted molar refractivity (Wildman–Crippen MR) is 224 cm³/mol. The second-order valence-corrected chi connectivity index (χ2v) is 18.0. The number of hydrogen-bond acceptors (Lipinski definition) is 10. The molecule has 2 heterocycles. The third-order valence-electron chi connectivity index (χ3n) is 9.98. The fourth-order valence-corrected chi connectivity index (χ4v) is 11.4. The van der Waals surface area contributed by atoms with E-state index >= 15 is 0 Å². The highest BCUT2D eigenvalue weighted by atomic mass is 32.2. The Bertz CT molecular complexity index is 1690. The Hall–Kier alpha value is -3.28. The maximum absolute atomic E-state index is 13.8. The average molecular weight is 792 g/mol. The molecule has 53 heavy (non-hydrogen) atoms. The number of hydrogen-bond donors (Lipinski definition) is 0. The van der Waals surface area contributed by atoms with Gasteiger partial charge in [0, 0.05) is 45.0 Å². The molecule has 0 aliphatic carbocycles. The third kappa shape index (κ3) is 10.1. The van der Waals surface area contributed by atoms with Crippen LogP contribution in [0.3, 0.4) is 0 Å². The number of nitrogens with zero attached hydrogens (tertiary/aromatic N) is 5. The Kier molecular flexibility index (Phi) is 15.3. The number of piperazine rings is 1. The molecule has 282 valence electrons. The fourth-order valence-electron chi connectivity index (χ4n) is 7.14. The summed E-state index contributed by atoms with van der Waals surface area (Å²) in [6, 6.07) is 25.7. The number of amides is 1. The molecular formula is C40H49N5O4S4. The summed E-state index contributed by atoms with van der Waals surface area (Å²) in [6.45, 7) is 11.0. The number of benzene rings is 3. The molecular weight excluding hydrogens is 743 g/mol. The van der Waals surface area contributed by atoms with Crippen molar-refractivity contribution in [1.29, 1.82) is 5.26 Å². The molecule has 3 aromatic carbocycles. The van der Waals surface area contributed by atoms with E-state index < -0.39 is 10.3 Å². The first kappa shape index (κ1) is 40.9. The van der Waals surface area contributed by atoms with Crippen LogP contribution < -0.4 is 4.74 Å². The molecule has 1 atom stereocenters. The minimum atomic E-state index is -0.750. The molecule has 0 unspecified atom stereocenters. The van der Waals surface area contributed by atoms with Crippen molar-refractivity contribution in [2.24, 2.45) is 0 Å². The van der Waals surface area contributed by atoms with E-state index in [1.165, 1.54) is 6.07 Å². The quantitative estimate of drug-likeness (QED) is 0.0607. The maximum Gasteiger partial charge on any atom is 0.285 e. The lowest BCUT2D eigenvalue weighted by atomic mass is 9.74. The van der Waals surface area contributed by atoms with Crippen molar-refractivity contribution < 1.29 is 14.5 Å². The maximum atomic E-state index is 13.8. The lowest BCUT2D eigenvalue weighted by Crippen LogP contribution is -2.48. The molecule has 0 saturated carbocycles. The molecule has 9 nitrogen and oxygen atoms in total. The molecule has 2 saturated heterocycles. The zero-order chi connectivity index (χ0) is 37.8. The van der Waals surface area contributed by atoms with E-state index in [9.17, 15) is 20.2 Å². The summed E-state index contributed by atoms with van der Waals surface area (Å²) in [5, 5.41) is 22.7. The predicted octanol–water partition coefficient (Wildman–Crippen LogP) is 8.25. The van der Waals surface area contributed by atoms with E-state index in [1.54, 1.807) is 17.8 Å². The molecule has 0 radical (unpaired) electrons. The van der Waals surface area contributed by atoms with Crippen molar-refractivity contribution in [2.45, 2.75) is 56.1 Å². The van der Waals surface area contributed by atoms with Crippen LogP contribution in [-0.2, 0) is 5.41 Å². The van der Waals surface area contributed by atoms with Crippen molar-refractivity contribution in [3.8, 4) is 11.8 Å². The number of thioether (sulfide) groups is 3. The van der Waals surface area contributed by atoms with Crippen molar-refractivity contribution in [1.82, 2.24) is 14.7 Å². The number of likely N-dealkylation sites (tertiary alicyclic amines) is 1. The minimum Gasteiger partial charge on any atom is -0.492 e. The number of nitro groups is 1. The smallest absolute Gasteiger partial charge is 0.285 e. The Morgan fingerprint density at radius 3 is 2.21 bits per heavy atom. The largest absolute Gasteiger partial charge is 0.492 e. The first-order valence-corrected chi connectivity index (χ1v) is 21.8. The summed E-state index contributed by atoms with van der Waals surface area (Å²) in [7, 11) is 0. The van der Waals surface area contributed by atoms with Crippen LogP contribution in [0.2, 0.25) is 0 Å². The van der Waals surface area contributed by atoms with Crippen LogP contribution in [0, 0.1) is 28.4 Å². The summed E-state index contributed by atoms with van der Waals surface area (Å²) in [6.07, 6.45) is 2.46. The van der Waals surface area contributed by atoms with E-state index in [0.717, 1.165) is 71.7 Å². The van der Waals surface area contributed by atoms with Gasteiger partial charge in [-0.1, -0.05) is 98.5 Å². The van der Waals surface area contributed by atoms with Gasteiger partial charge in [-0.25, -0.2) is 0 Å². The third-order valence-corrected chi connectivity index (χ3v) is 14.3. The van der Waals surface area contributed by atoms with Crippen LogP contribution in [0.25, 0.3) is 0 Å². The molecule has 2 fully saturated rings. The van der Waals surface area contributed by atoms with Crippen LogP contribution in [-0.4, -0.2) is 104 Å². The van der Waals surface area contributed by atoms with Crippen LogP contribution in [0.4, 0.5) is 5.69 Å². The van der Waals surface area contributed by atoms with Gasteiger partial charge in [-0.15, -0.1) is 23.5 Å². The second kappa shape index (κ2) is 19.9. The van der Waals surface area contributed by atoms with Crippen LogP contribution >= 0.6 is 47.5 Å². The van der Waals surface area contributed by atoms with Gasteiger partial charge in [0.25, 0.3) is 11.6 Å². The lowest BCUT2D eigenvalue weighted by molar-refractivity contribution is -0.385. The normalized spacial score (nSPS) is 16.5. The molecule has 0 N–H and O–H groups in total. The van der Waals surface area contributed by atoms with E-state index in [2.05, 4.69) is 29.7 Å². The topological polar surface area (TPSA) is 103 Å². The van der Waals surface area contributed by atoms with Gasteiger partial charge in [-0.05, 0) is 60.4 Å². The Morgan fingerprint density at radius 2 is 1.64 bits per heavy atom. The number of ether oxygens (including phenoxy) is 1. The van der Waals surface area contributed by atoms with Crippen molar-refractivity contribution >= 4 is 63.4 Å². The molecule has 2 aliphatic rings. The van der Waals surface area contributed by atoms with Crippen molar-refractivity contribution in [3.05, 3.63) is 105 Å². The van der Waals surface area contributed by atoms with E-state index in [1.807, 2.05) is 96.0 Å². The van der Waals surface area contributed by atoms with Gasteiger partial charge in [0.15, 0.2) is 0 Å². The van der Waals surface area contributed by atoms with E-state index in [0.29, 0.717) is 37.4 Å². The number of nitriles is 1. The molecule has 2 aliphatic heterocycles. The Labute approximate surface area is 332 Å². The number of nitro benzene ring substituents is 1. The number of carbonyl (C=O) groups is 1. The highest BCUT2D eigenvalue weighted by Crippen LogP contribution is 2.38. The molecule has 0 aromatic heterocycles. The van der Waals surface area contributed by atoms with Crippen LogP contribution in [0.5, 0.6) is 5.75 Å². The van der Waals surface area contributed by atoms with Gasteiger partial charge in [0.2, 0.25) is 0 Å². The molecule has 1 amide bonds. The molecule has 0 spiro atoms. The van der Waals surface area contributed by atoms with Gasteiger partial charge in [-0.2, -0.15) is 5.26 Å². The molecule has 3 aromatic rings. The summed E-state index contributed by atoms with van der Waals surface area (Å²) in [5.41, 5.74) is 1.87. The SMILES string of the molecule is CCSC(SCC)[C@@H]1CCCN1C(=O)c1cc(C)c(OCCN2CCN(C(=S)SCCC(C#N)(c3ccccc3)c3ccccc3)CC2)cc1[N+](=O)[O-]. The monoisotopic (exact) mass is 791 g/mol. The average Bonchev–Trinajstić information content (AvgIpc) is 3.68. The van der Waals surface area contributed by atoms with Gasteiger partial charge in [-0.3, -0.25) is 19.8 Å². The van der Waals surface area contributed by atoms with Gasteiger partial charge < -0.3 is 14.5 Å². The van der Waals surface area contributed by atoms with Gasteiger partial charge in [0.1, 0.15) is 27.7 Å². The second-order valence-electron chi connectivity index (χ2n) is 13.2. The lowest BCUT2D eigenvalue weighted by Gasteiger charge is -2.36. The van der Waals surface area contributed by atoms with Gasteiger partial charge in [0.05, 0.1) is 27.7 Å². The van der Waals surface area contributed by atoms with Crippen molar-refractivity contribution in [2.75, 3.05) is 63.1 Å². The Morgan fingerprint density at radius 1 is 1.02 bits per heavy atom. The van der Waals surface area contributed by atoms with Gasteiger partial charge >= 0.3 is 0 Å². The number of thiocarbonyl (C=S) groups is 1. The van der Waals surface area contributed by atoms with E-state index in [4.69, 9.17) is 17.0 Å². The number of carbonyl (C=O) groups excluding carboxylic acids is 1. The zero-order valence-corrected chi connectivity index (χ0v) is 34.0. The highest BCUT2D eigenvalue weighted by Gasteiger charge is 2.38. The molecule has 0 bridgehead atoms. The minimum absolute atomic E-state index is 0.0592. The first-order chi connectivity index (χ1) is 25.7. The molecule has 5 rings (SSSR count). The Balaban J connectivity index is 1.12. The first-order valence-electron chi connectivity index (χ1n) is 18.3. The van der Waals surface area contributed by atoms with Crippen molar-refractivity contribution in [3.63, 3.8) is 0 Å². The summed E-state index contributed by atoms with van der Waals surface area (Å²) in [4.78, 5) is 32.0. The zero-order valence-electron chi connectivity index (χ0n) is 30.8. The van der Waals surface area contributed by atoms with Crippen LogP contribution in [0.15, 0.2) is 72.8 Å². The standard InChI is InChI=1S/C40H49N5O4S4/c1-4-51-38(52-5-2)34-17-12-19-44(34)37(46)33-27-30(3)36(28-35(33)45(47)48)49-25-24-42-20-22-43(23-21-42)39(50)53-26-18-40(29-41,31-13-8-6-9-14-31)32-15-10-7-11-16-32/h6-11,13-16,27-28,34,38H,4-5,12,17-26H2,1-3H3/t34-/m0/s1. The number of rotatable bonds is 16. The highest BCUT2D eigenvalue weighted by molar-refractivity contribution is 8.22. The number of aryl methyl sites for hydroxylation is 1. The van der Waals surface area contributed by atoms with Crippen LogP contribution in [0.1, 0.15) is 60.2 Å². The molecule has 13 heteroatoms. The summed E-state index contributed by atoms with van der Waals surface area (Å²) < 4.78 is 7.21. The summed E-state index contributed by atoms with van der Waals surface area (Å²) >= 11 is 11.2. The van der Waals surface area contributed by atoms with E-state index in [-0.39, 0.29) is 27.8 Å². The summed E-state index contributed by atoms with van der Waals surface area (Å²) in [5.74, 6) is 2.80. The fraction of sp³-hybridized carbons (Fsp3) is 0.475.